The predicted molar refractivity (Wildman–Crippen MR) is 130 cm³/mol. The van der Waals surface area contributed by atoms with Gasteiger partial charge in [-0.15, -0.1) is 11.3 Å². The lowest BCUT2D eigenvalue weighted by Crippen LogP contribution is -2.38. The predicted octanol–water partition coefficient (Wildman–Crippen LogP) is 4.21. The van der Waals surface area contributed by atoms with E-state index < -0.39 is 0 Å². The lowest BCUT2D eigenvalue weighted by atomic mass is 9.97. The van der Waals surface area contributed by atoms with Crippen LogP contribution >= 0.6 is 11.3 Å². The highest BCUT2D eigenvalue weighted by molar-refractivity contribution is 7.09. The van der Waals surface area contributed by atoms with Gasteiger partial charge >= 0.3 is 0 Å². The van der Waals surface area contributed by atoms with Gasteiger partial charge in [0.2, 0.25) is 5.91 Å². The average Bonchev–Trinajstić information content (AvgIpc) is 3.36. The molecular formula is C26H28FN3O3S. The van der Waals surface area contributed by atoms with Gasteiger partial charge in [-0.3, -0.25) is 9.59 Å². The fourth-order valence-electron chi connectivity index (χ4n) is 4.08. The summed E-state index contributed by atoms with van der Waals surface area (Å²) in [6, 6.07) is 13.9. The van der Waals surface area contributed by atoms with Gasteiger partial charge in [-0.05, 0) is 54.7 Å². The first kappa shape index (κ1) is 23.9. The van der Waals surface area contributed by atoms with E-state index in [1.165, 1.54) is 23.5 Å². The molecule has 1 aliphatic rings. The smallest absolute Gasteiger partial charge is 0.270 e. The molecule has 3 aromatic rings. The molecule has 1 aliphatic heterocycles. The van der Waals surface area contributed by atoms with Gasteiger partial charge in [0.1, 0.15) is 17.3 Å². The zero-order valence-corrected chi connectivity index (χ0v) is 19.9. The summed E-state index contributed by atoms with van der Waals surface area (Å²) in [4.78, 5) is 31.6. The molecule has 8 heteroatoms. The highest BCUT2D eigenvalue weighted by atomic mass is 32.1. The maximum absolute atomic E-state index is 13.1. The van der Waals surface area contributed by atoms with Crippen molar-refractivity contribution >= 4 is 23.2 Å². The lowest BCUT2D eigenvalue weighted by molar-refractivity contribution is -0.131. The van der Waals surface area contributed by atoms with Crippen molar-refractivity contribution in [3.8, 4) is 5.75 Å². The average molecular weight is 482 g/mol. The fraction of sp³-hybridized carbons (Fsp3) is 0.346. The molecule has 1 saturated heterocycles. The number of methoxy groups -OCH3 is 1. The van der Waals surface area contributed by atoms with Gasteiger partial charge in [-0.25, -0.2) is 9.37 Å². The second kappa shape index (κ2) is 11.2. The number of rotatable bonds is 8. The number of likely N-dealkylation sites (tertiary alicyclic amines) is 1. The largest absolute Gasteiger partial charge is 0.497 e. The van der Waals surface area contributed by atoms with E-state index in [1.54, 1.807) is 19.2 Å². The van der Waals surface area contributed by atoms with E-state index in [0.29, 0.717) is 31.7 Å². The van der Waals surface area contributed by atoms with E-state index in [-0.39, 0.29) is 30.0 Å². The van der Waals surface area contributed by atoms with Gasteiger partial charge in [-0.1, -0.05) is 24.3 Å². The molecule has 0 atom stereocenters. The first-order valence-corrected chi connectivity index (χ1v) is 12.3. The molecule has 178 valence electrons. The van der Waals surface area contributed by atoms with Gasteiger partial charge in [-0.2, -0.15) is 0 Å². The quantitative estimate of drug-likeness (QED) is 0.523. The number of hydrogen-bond donors (Lipinski definition) is 1. The monoisotopic (exact) mass is 481 g/mol. The van der Waals surface area contributed by atoms with Gasteiger partial charge in [0.25, 0.3) is 5.91 Å². The van der Waals surface area contributed by atoms with E-state index >= 15 is 0 Å². The van der Waals surface area contributed by atoms with Crippen LogP contribution in [0.25, 0.3) is 0 Å². The Morgan fingerprint density at radius 1 is 1.15 bits per heavy atom. The number of carbonyl (C=O) groups excluding carboxylic acids is 2. The zero-order valence-electron chi connectivity index (χ0n) is 19.1. The van der Waals surface area contributed by atoms with E-state index in [2.05, 4.69) is 10.3 Å². The van der Waals surface area contributed by atoms with Crippen molar-refractivity contribution in [2.75, 3.05) is 26.7 Å². The number of nitrogens with one attached hydrogen (secondary N) is 1. The van der Waals surface area contributed by atoms with Crippen molar-refractivity contribution in [3.05, 3.63) is 81.6 Å². The van der Waals surface area contributed by atoms with Crippen molar-refractivity contribution in [1.29, 1.82) is 0 Å². The summed E-state index contributed by atoms with van der Waals surface area (Å²) < 4.78 is 18.3. The molecule has 0 spiro atoms. The van der Waals surface area contributed by atoms with Crippen LogP contribution in [0.2, 0.25) is 0 Å². The highest BCUT2D eigenvalue weighted by Crippen LogP contribution is 2.30. The Labute approximate surface area is 202 Å². The summed E-state index contributed by atoms with van der Waals surface area (Å²) in [7, 11) is 1.64. The number of nitrogens with zero attached hydrogens (tertiary/aromatic N) is 2. The van der Waals surface area contributed by atoms with Crippen molar-refractivity contribution in [2.24, 2.45) is 0 Å². The summed E-state index contributed by atoms with van der Waals surface area (Å²) in [5.41, 5.74) is 2.36. The lowest BCUT2D eigenvalue weighted by Gasteiger charge is -2.31. The van der Waals surface area contributed by atoms with Crippen molar-refractivity contribution < 1.29 is 18.7 Å². The summed E-state index contributed by atoms with van der Waals surface area (Å²) >= 11 is 1.51. The Kier molecular flexibility index (Phi) is 7.90. The maximum atomic E-state index is 13.1. The molecule has 0 aliphatic carbocycles. The Balaban J connectivity index is 1.23. The summed E-state index contributed by atoms with van der Waals surface area (Å²) in [5, 5.41) is 5.69. The first-order chi connectivity index (χ1) is 16.5. The number of thiazole rings is 1. The Morgan fingerprint density at radius 2 is 1.91 bits per heavy atom. The first-order valence-electron chi connectivity index (χ1n) is 11.4. The molecule has 4 rings (SSSR count). The van der Waals surface area contributed by atoms with Crippen LogP contribution in [0.4, 0.5) is 4.39 Å². The van der Waals surface area contributed by atoms with Crippen LogP contribution in [-0.2, 0) is 17.6 Å². The van der Waals surface area contributed by atoms with E-state index in [0.717, 1.165) is 34.7 Å². The second-order valence-corrected chi connectivity index (χ2v) is 9.28. The molecule has 1 N–H and O–H groups in total. The van der Waals surface area contributed by atoms with Gasteiger partial charge < -0.3 is 15.0 Å². The minimum Gasteiger partial charge on any atom is -0.497 e. The second-order valence-electron chi connectivity index (χ2n) is 8.39. The molecule has 0 saturated carbocycles. The van der Waals surface area contributed by atoms with Gasteiger partial charge in [0, 0.05) is 30.9 Å². The van der Waals surface area contributed by atoms with Crippen LogP contribution in [-0.4, -0.2) is 48.4 Å². The molecule has 2 amide bonds. The molecule has 0 radical (unpaired) electrons. The number of ether oxygens (including phenoxy) is 1. The third kappa shape index (κ3) is 6.20. The van der Waals surface area contributed by atoms with Crippen LogP contribution in [0.1, 0.15) is 45.4 Å². The molecule has 0 bridgehead atoms. The van der Waals surface area contributed by atoms with Crippen LogP contribution in [0.3, 0.4) is 0 Å². The van der Waals surface area contributed by atoms with Crippen LogP contribution in [0.15, 0.2) is 53.9 Å². The highest BCUT2D eigenvalue weighted by Gasteiger charge is 2.26. The fourth-order valence-corrected chi connectivity index (χ4v) is 5.05. The molecular weight excluding hydrogens is 453 g/mol. The van der Waals surface area contributed by atoms with E-state index in [9.17, 15) is 14.0 Å². The third-order valence-electron chi connectivity index (χ3n) is 6.05. The summed E-state index contributed by atoms with van der Waals surface area (Å²) in [6.07, 6.45) is 2.63. The zero-order chi connectivity index (χ0) is 23.9. The number of halogens is 1. The Hall–Kier alpha value is -3.26. The minimum absolute atomic E-state index is 0.0558. The number of hydrogen-bond acceptors (Lipinski definition) is 5. The van der Waals surface area contributed by atoms with Crippen molar-refractivity contribution in [1.82, 2.24) is 15.2 Å². The number of benzene rings is 2. The minimum atomic E-state index is -0.301. The van der Waals surface area contributed by atoms with Crippen molar-refractivity contribution in [3.63, 3.8) is 0 Å². The van der Waals surface area contributed by atoms with E-state index in [1.807, 2.05) is 34.5 Å². The normalized spacial score (nSPS) is 14.1. The van der Waals surface area contributed by atoms with Crippen LogP contribution < -0.4 is 10.1 Å². The topological polar surface area (TPSA) is 71.5 Å². The number of amides is 2. The summed E-state index contributed by atoms with van der Waals surface area (Å²) in [6.45, 7) is 1.84. The molecule has 34 heavy (non-hydrogen) atoms. The van der Waals surface area contributed by atoms with Gasteiger partial charge in [0.05, 0.1) is 18.5 Å². The summed E-state index contributed by atoms with van der Waals surface area (Å²) in [5.74, 6) is 0.636. The molecule has 2 heterocycles. The standard InChI is InChI=1S/C26H28FN3O3S/c1-33-22-4-2-3-18(15-22)9-12-28-25(32)23-17-34-26(29-23)20-10-13-30(14-11-20)24(31)16-19-5-7-21(27)8-6-19/h2-8,15,17,20H,9-14,16H2,1H3,(H,28,32). The van der Waals surface area contributed by atoms with Crippen molar-refractivity contribution in [2.45, 2.75) is 31.6 Å². The Bertz CT molecular complexity index is 1120. The Morgan fingerprint density at radius 3 is 2.65 bits per heavy atom. The van der Waals surface area contributed by atoms with Crippen LogP contribution in [0.5, 0.6) is 5.75 Å². The molecule has 6 nitrogen and oxygen atoms in total. The third-order valence-corrected chi connectivity index (χ3v) is 7.06. The van der Waals surface area contributed by atoms with E-state index in [4.69, 9.17) is 4.74 Å². The SMILES string of the molecule is COc1cccc(CCNC(=O)c2csc(C3CCN(C(=O)Cc4ccc(F)cc4)CC3)n2)c1. The maximum Gasteiger partial charge on any atom is 0.270 e. The number of carbonyl (C=O) groups is 2. The van der Waals surface area contributed by atoms with Gasteiger partial charge in [0.15, 0.2) is 0 Å². The van der Waals surface area contributed by atoms with Crippen LogP contribution in [0, 0.1) is 5.82 Å². The molecule has 1 aromatic heterocycles. The molecule has 1 fully saturated rings. The number of piperidine rings is 1. The molecule has 2 aromatic carbocycles. The molecule has 0 unspecified atom stereocenters. The number of aromatic nitrogens is 1.